The van der Waals surface area contributed by atoms with Gasteiger partial charge in [-0.25, -0.2) is 8.42 Å². The van der Waals surface area contributed by atoms with Crippen LogP contribution in [-0.2, 0) is 9.84 Å². The van der Waals surface area contributed by atoms with Gasteiger partial charge in [-0.3, -0.25) is 0 Å². The van der Waals surface area contributed by atoms with Gasteiger partial charge < -0.3 is 9.80 Å². The third-order valence-corrected chi connectivity index (χ3v) is 12.3. The molecule has 0 radical (unpaired) electrons. The minimum atomic E-state index is -3.76. The maximum Gasteiger partial charge on any atom is 0.207 e. The molecule has 206 valence electrons. The van der Waals surface area contributed by atoms with Crippen LogP contribution < -0.4 is 9.80 Å². The Hall–Kier alpha value is -4.43. The Bertz CT molecular complexity index is 2000. The number of fused-ring (bicyclic) bond motifs is 7. The summed E-state index contributed by atoms with van der Waals surface area (Å²) in [5, 5.41) is 0. The van der Waals surface area contributed by atoms with Crippen molar-refractivity contribution in [3.8, 4) is 11.1 Å². The summed E-state index contributed by atoms with van der Waals surface area (Å²) in [5.41, 5.74) is 7.31. The molecule has 0 atom stereocenters. The number of sulfone groups is 1. The van der Waals surface area contributed by atoms with E-state index < -0.39 is 9.84 Å². The summed E-state index contributed by atoms with van der Waals surface area (Å²) in [7, 11) is -3.76. The van der Waals surface area contributed by atoms with Crippen molar-refractivity contribution >= 4 is 67.5 Å². The van der Waals surface area contributed by atoms with Gasteiger partial charge in [-0.1, -0.05) is 84.2 Å². The van der Waals surface area contributed by atoms with Crippen molar-refractivity contribution in [2.45, 2.75) is 29.4 Å². The lowest BCUT2D eigenvalue weighted by atomic mass is 10.0. The van der Waals surface area contributed by atoms with E-state index in [0.717, 1.165) is 64.8 Å². The van der Waals surface area contributed by atoms with E-state index >= 15 is 0 Å². The summed E-state index contributed by atoms with van der Waals surface area (Å²) in [4.78, 5) is 9.58. The first kappa shape index (κ1) is 25.1. The molecule has 3 aliphatic heterocycles. The molecule has 0 spiro atoms. The van der Waals surface area contributed by atoms with Gasteiger partial charge in [-0.05, 0) is 72.8 Å². The lowest BCUT2D eigenvalue weighted by Crippen LogP contribution is -2.15. The lowest BCUT2D eigenvalue weighted by Gasteiger charge is -2.33. The highest BCUT2D eigenvalue weighted by atomic mass is 32.2. The first-order chi connectivity index (χ1) is 21.1. The Morgan fingerprint density at radius 2 is 0.744 bits per heavy atom. The predicted octanol–water partition coefficient (Wildman–Crippen LogP) is 10.4. The van der Waals surface area contributed by atoms with E-state index in [4.69, 9.17) is 0 Å². The minimum Gasteiger partial charge on any atom is -0.308 e. The number of anilines is 6. The molecule has 0 saturated carbocycles. The monoisotopic (exact) mass is 610 g/mol. The van der Waals surface area contributed by atoms with Crippen molar-refractivity contribution in [1.29, 1.82) is 0 Å². The molecule has 4 nitrogen and oxygen atoms in total. The Morgan fingerprint density at radius 1 is 0.419 bits per heavy atom. The molecular formula is C36H22N2O2S3. The number of benzene rings is 6. The van der Waals surface area contributed by atoms with Crippen LogP contribution in [-0.4, -0.2) is 8.42 Å². The maximum absolute atomic E-state index is 14.3. The molecule has 6 aromatic carbocycles. The molecule has 0 fully saturated rings. The molecule has 0 bridgehead atoms. The SMILES string of the molecule is O=S1(=O)c2cc(N3c4ccccc4Sc4ccccc43)ccc2-c2ccc(N3c4ccccc4Sc4ccccc43)cc21. The van der Waals surface area contributed by atoms with Gasteiger partial charge in [0.15, 0.2) is 0 Å². The average molecular weight is 611 g/mol. The van der Waals surface area contributed by atoms with E-state index in [-0.39, 0.29) is 0 Å². The fourth-order valence-corrected chi connectivity index (χ4v) is 10.1. The smallest absolute Gasteiger partial charge is 0.207 e. The van der Waals surface area contributed by atoms with Crippen LogP contribution in [0.3, 0.4) is 0 Å². The fourth-order valence-electron chi connectivity index (χ4n) is 6.27. The van der Waals surface area contributed by atoms with Crippen molar-refractivity contribution in [1.82, 2.24) is 0 Å². The second-order valence-electron chi connectivity index (χ2n) is 10.6. The van der Waals surface area contributed by atoms with Crippen molar-refractivity contribution in [2.75, 3.05) is 9.80 Å². The van der Waals surface area contributed by atoms with E-state index in [2.05, 4.69) is 58.3 Å². The van der Waals surface area contributed by atoms with Gasteiger partial charge in [-0.2, -0.15) is 0 Å². The van der Waals surface area contributed by atoms with Gasteiger partial charge in [0.1, 0.15) is 0 Å². The van der Waals surface area contributed by atoms with Gasteiger partial charge in [0.25, 0.3) is 0 Å². The van der Waals surface area contributed by atoms with Crippen LogP contribution in [0.5, 0.6) is 0 Å². The highest BCUT2D eigenvalue weighted by Crippen LogP contribution is 2.55. The van der Waals surface area contributed by atoms with E-state index in [0.29, 0.717) is 9.79 Å². The summed E-state index contributed by atoms with van der Waals surface area (Å²) >= 11 is 3.47. The van der Waals surface area contributed by atoms with Crippen LogP contribution in [0.1, 0.15) is 0 Å². The van der Waals surface area contributed by atoms with Gasteiger partial charge in [0.05, 0.1) is 32.5 Å². The number of nitrogens with zero attached hydrogens (tertiary/aromatic N) is 2. The van der Waals surface area contributed by atoms with Gasteiger partial charge >= 0.3 is 0 Å². The summed E-state index contributed by atoms with van der Waals surface area (Å²) in [5.74, 6) is 0. The fraction of sp³-hybridized carbons (Fsp3) is 0. The normalized spacial score (nSPS) is 15.1. The van der Waals surface area contributed by atoms with Crippen molar-refractivity contribution in [2.24, 2.45) is 0 Å². The topological polar surface area (TPSA) is 40.6 Å². The van der Waals surface area contributed by atoms with Gasteiger partial charge in [0.2, 0.25) is 9.84 Å². The average Bonchev–Trinajstić information content (AvgIpc) is 3.27. The zero-order chi connectivity index (χ0) is 28.7. The van der Waals surface area contributed by atoms with Crippen molar-refractivity contribution in [3.63, 3.8) is 0 Å². The van der Waals surface area contributed by atoms with Crippen molar-refractivity contribution < 1.29 is 8.42 Å². The molecule has 3 heterocycles. The van der Waals surface area contributed by atoms with Gasteiger partial charge in [-0.15, -0.1) is 0 Å². The first-order valence-electron chi connectivity index (χ1n) is 13.9. The molecule has 0 aromatic heterocycles. The third kappa shape index (κ3) is 3.69. The highest BCUT2D eigenvalue weighted by Gasteiger charge is 2.36. The minimum absolute atomic E-state index is 0.348. The first-order valence-corrected chi connectivity index (χ1v) is 17.1. The molecule has 0 N–H and O–H groups in total. The van der Waals surface area contributed by atoms with Crippen LogP contribution >= 0.6 is 23.5 Å². The lowest BCUT2D eigenvalue weighted by molar-refractivity contribution is 0.598. The quantitative estimate of drug-likeness (QED) is 0.194. The van der Waals surface area contributed by atoms with E-state index in [9.17, 15) is 8.42 Å². The van der Waals surface area contributed by atoms with E-state index in [1.165, 1.54) is 0 Å². The second kappa shape index (κ2) is 9.28. The van der Waals surface area contributed by atoms with Crippen LogP contribution in [0, 0.1) is 0 Å². The van der Waals surface area contributed by atoms with Crippen LogP contribution in [0.2, 0.25) is 0 Å². The number of rotatable bonds is 2. The standard InChI is InChI=1S/C36H22N2O2S3/c39-43(40)35-21-23(37-27-9-1-5-13-31(27)41-32-14-6-2-10-28(32)37)17-19-25(35)26-20-18-24(22-36(26)43)38-29-11-3-7-15-33(29)42-34-16-8-4-12-30(34)38/h1-22H. The number of hydrogen-bond donors (Lipinski definition) is 0. The van der Waals surface area contributed by atoms with E-state index in [1.807, 2.05) is 84.9 Å². The predicted molar refractivity (Wildman–Crippen MR) is 175 cm³/mol. The summed E-state index contributed by atoms with van der Waals surface area (Å²) in [6, 6.07) is 44.7. The van der Waals surface area contributed by atoms with Crippen LogP contribution in [0.15, 0.2) is 163 Å². The number of para-hydroxylation sites is 4. The van der Waals surface area contributed by atoms with E-state index in [1.54, 1.807) is 23.5 Å². The molecular weight excluding hydrogens is 589 g/mol. The Kier molecular flexibility index (Phi) is 5.42. The Morgan fingerprint density at radius 3 is 1.09 bits per heavy atom. The third-order valence-electron chi connectivity index (χ3n) is 8.18. The molecule has 0 saturated heterocycles. The Balaban J connectivity index is 1.18. The molecule has 0 unspecified atom stereocenters. The van der Waals surface area contributed by atoms with Gasteiger partial charge in [0, 0.05) is 42.1 Å². The maximum atomic E-state index is 14.3. The summed E-state index contributed by atoms with van der Waals surface area (Å²) in [6.45, 7) is 0. The second-order valence-corrected chi connectivity index (χ2v) is 14.7. The molecule has 7 heteroatoms. The molecule has 0 aliphatic carbocycles. The highest BCUT2D eigenvalue weighted by molar-refractivity contribution is 8.00. The molecule has 9 rings (SSSR count). The molecule has 3 aliphatic rings. The van der Waals surface area contributed by atoms with Crippen molar-refractivity contribution in [3.05, 3.63) is 133 Å². The van der Waals surface area contributed by atoms with Crippen LogP contribution in [0.4, 0.5) is 34.1 Å². The molecule has 6 aromatic rings. The molecule has 0 amide bonds. The zero-order valence-electron chi connectivity index (χ0n) is 22.6. The summed E-state index contributed by atoms with van der Waals surface area (Å²) in [6.07, 6.45) is 0. The Labute approximate surface area is 258 Å². The molecule has 43 heavy (non-hydrogen) atoms. The van der Waals surface area contributed by atoms with Crippen LogP contribution in [0.25, 0.3) is 11.1 Å². The largest absolute Gasteiger partial charge is 0.308 e. The zero-order valence-corrected chi connectivity index (χ0v) is 25.1. The summed E-state index contributed by atoms with van der Waals surface area (Å²) < 4.78 is 28.6. The number of hydrogen-bond acceptors (Lipinski definition) is 6.